The Bertz CT molecular complexity index is 388. The van der Waals surface area contributed by atoms with Crippen molar-refractivity contribution in [3.05, 3.63) is 34.1 Å². The molecule has 0 heterocycles. The molecule has 0 spiro atoms. The molecule has 1 aromatic rings. The third kappa shape index (κ3) is 2.17. The highest BCUT2D eigenvalue weighted by Gasteiger charge is 2.12. The molecule has 0 atom stereocenters. The summed E-state index contributed by atoms with van der Waals surface area (Å²) in [6.45, 7) is 1.55. The number of rotatable bonds is 3. The van der Waals surface area contributed by atoms with Gasteiger partial charge in [-0.1, -0.05) is 11.6 Å². The summed E-state index contributed by atoms with van der Waals surface area (Å²) in [5.41, 5.74) is 0.430. The van der Waals surface area contributed by atoms with Crippen LogP contribution in [0, 0.1) is 12.7 Å². The molecule has 0 aliphatic rings. The van der Waals surface area contributed by atoms with E-state index in [9.17, 15) is 14.0 Å². The van der Waals surface area contributed by atoms with Gasteiger partial charge in [0, 0.05) is 5.56 Å². The zero-order valence-corrected chi connectivity index (χ0v) is 8.27. The van der Waals surface area contributed by atoms with Crippen LogP contribution >= 0.6 is 11.6 Å². The van der Waals surface area contributed by atoms with Gasteiger partial charge < -0.3 is 4.79 Å². The zero-order chi connectivity index (χ0) is 10.7. The fraction of sp³-hybridized carbons (Fsp3) is 0.200. The SMILES string of the molecule is Cc1cc(Cl)c(C(=O)CC=O)cc1F. The number of aryl methyl sites for hydroxylation is 1. The van der Waals surface area contributed by atoms with Crippen LogP contribution in [-0.2, 0) is 4.79 Å². The molecule has 0 aromatic heterocycles. The monoisotopic (exact) mass is 214 g/mol. The number of hydrogen-bond donors (Lipinski definition) is 0. The van der Waals surface area contributed by atoms with Crippen LogP contribution in [0.3, 0.4) is 0 Å². The third-order valence-electron chi connectivity index (χ3n) is 1.82. The standard InChI is InChI=1S/C10H8ClFO2/c1-6-4-8(11)7(5-9(6)12)10(14)2-3-13/h3-5H,2H2,1H3. The second-order valence-electron chi connectivity index (χ2n) is 2.88. The number of carbonyl (C=O) groups excluding carboxylic acids is 2. The molecule has 0 aliphatic carbocycles. The van der Waals surface area contributed by atoms with Gasteiger partial charge in [-0.05, 0) is 24.6 Å². The number of hydrogen-bond acceptors (Lipinski definition) is 2. The molecule has 0 saturated heterocycles. The Morgan fingerprint density at radius 3 is 2.79 bits per heavy atom. The lowest BCUT2D eigenvalue weighted by atomic mass is 10.1. The van der Waals surface area contributed by atoms with E-state index >= 15 is 0 Å². The van der Waals surface area contributed by atoms with Gasteiger partial charge in [0.2, 0.25) is 0 Å². The van der Waals surface area contributed by atoms with Crippen LogP contribution < -0.4 is 0 Å². The molecule has 0 saturated carbocycles. The van der Waals surface area contributed by atoms with Crippen LogP contribution in [0.5, 0.6) is 0 Å². The maximum Gasteiger partial charge on any atom is 0.171 e. The van der Waals surface area contributed by atoms with Gasteiger partial charge >= 0.3 is 0 Å². The van der Waals surface area contributed by atoms with Crippen molar-refractivity contribution < 1.29 is 14.0 Å². The molecule has 74 valence electrons. The summed E-state index contributed by atoms with van der Waals surface area (Å²) in [7, 11) is 0. The number of carbonyl (C=O) groups is 2. The number of Topliss-reactive ketones (excluding diaryl/α,β-unsaturated/α-hetero) is 1. The van der Waals surface area contributed by atoms with Gasteiger partial charge in [-0.2, -0.15) is 0 Å². The summed E-state index contributed by atoms with van der Waals surface area (Å²) in [5, 5.41) is 0.177. The highest BCUT2D eigenvalue weighted by molar-refractivity contribution is 6.34. The fourth-order valence-corrected chi connectivity index (χ4v) is 1.37. The van der Waals surface area contributed by atoms with Crippen LogP contribution in [0.25, 0.3) is 0 Å². The van der Waals surface area contributed by atoms with E-state index in [0.29, 0.717) is 11.8 Å². The first kappa shape index (κ1) is 10.9. The molecule has 0 N–H and O–H groups in total. The van der Waals surface area contributed by atoms with E-state index in [0.717, 1.165) is 6.07 Å². The highest BCUT2D eigenvalue weighted by Crippen LogP contribution is 2.21. The van der Waals surface area contributed by atoms with Crippen molar-refractivity contribution in [2.75, 3.05) is 0 Å². The van der Waals surface area contributed by atoms with Gasteiger partial charge in [0.15, 0.2) is 5.78 Å². The second kappa shape index (κ2) is 4.33. The smallest absolute Gasteiger partial charge is 0.171 e. The minimum absolute atomic E-state index is 0.0573. The lowest BCUT2D eigenvalue weighted by Gasteiger charge is -2.03. The zero-order valence-electron chi connectivity index (χ0n) is 7.51. The molecule has 1 aromatic carbocycles. The number of aldehydes is 1. The first-order valence-electron chi connectivity index (χ1n) is 3.98. The molecule has 2 nitrogen and oxygen atoms in total. The van der Waals surface area contributed by atoms with Crippen LogP contribution in [0.4, 0.5) is 4.39 Å². The van der Waals surface area contributed by atoms with Gasteiger partial charge in [-0.25, -0.2) is 4.39 Å². The third-order valence-corrected chi connectivity index (χ3v) is 2.13. The summed E-state index contributed by atoms with van der Waals surface area (Å²) in [6, 6.07) is 2.43. The van der Waals surface area contributed by atoms with Crippen molar-refractivity contribution in [2.45, 2.75) is 13.3 Å². The van der Waals surface area contributed by atoms with Crippen molar-refractivity contribution >= 4 is 23.7 Å². The van der Waals surface area contributed by atoms with Gasteiger partial charge in [0.05, 0.1) is 11.4 Å². The van der Waals surface area contributed by atoms with Gasteiger partial charge in [-0.15, -0.1) is 0 Å². The number of benzene rings is 1. The van der Waals surface area contributed by atoms with E-state index in [1.54, 1.807) is 6.92 Å². The van der Waals surface area contributed by atoms with E-state index in [1.165, 1.54) is 6.07 Å². The largest absolute Gasteiger partial charge is 0.303 e. The first-order valence-corrected chi connectivity index (χ1v) is 4.36. The predicted molar refractivity (Wildman–Crippen MR) is 51.2 cm³/mol. The molecular formula is C10H8ClFO2. The molecule has 0 amide bonds. The van der Waals surface area contributed by atoms with Gasteiger partial charge in [-0.3, -0.25) is 4.79 Å². The summed E-state index contributed by atoms with van der Waals surface area (Å²) >= 11 is 5.73. The summed E-state index contributed by atoms with van der Waals surface area (Å²) in [6.07, 6.45) is 0.193. The summed E-state index contributed by atoms with van der Waals surface area (Å²) < 4.78 is 13.1. The van der Waals surface area contributed by atoms with Gasteiger partial charge in [0.1, 0.15) is 12.1 Å². The van der Waals surface area contributed by atoms with E-state index < -0.39 is 11.6 Å². The first-order chi connectivity index (χ1) is 6.56. The predicted octanol–water partition coefficient (Wildman–Crippen LogP) is 2.56. The van der Waals surface area contributed by atoms with E-state index in [2.05, 4.69) is 0 Å². The van der Waals surface area contributed by atoms with Crippen molar-refractivity contribution in [3.8, 4) is 0 Å². The quantitative estimate of drug-likeness (QED) is 0.440. The molecule has 0 radical (unpaired) electrons. The molecule has 0 fully saturated rings. The summed E-state index contributed by atoms with van der Waals surface area (Å²) in [4.78, 5) is 21.3. The summed E-state index contributed by atoms with van der Waals surface area (Å²) in [5.74, 6) is -0.965. The van der Waals surface area contributed by atoms with Crippen molar-refractivity contribution in [1.29, 1.82) is 0 Å². The van der Waals surface area contributed by atoms with E-state index in [4.69, 9.17) is 11.6 Å². The Balaban J connectivity index is 3.15. The number of ketones is 1. The topological polar surface area (TPSA) is 34.1 Å². The second-order valence-corrected chi connectivity index (χ2v) is 3.28. The molecule has 14 heavy (non-hydrogen) atoms. The molecule has 0 aliphatic heterocycles. The molecule has 0 bridgehead atoms. The van der Waals surface area contributed by atoms with Gasteiger partial charge in [0.25, 0.3) is 0 Å². The van der Waals surface area contributed by atoms with E-state index in [-0.39, 0.29) is 17.0 Å². The lowest BCUT2D eigenvalue weighted by molar-refractivity contribution is -0.107. The maximum atomic E-state index is 13.1. The van der Waals surface area contributed by atoms with Crippen LogP contribution in [-0.4, -0.2) is 12.1 Å². The molecule has 1 rings (SSSR count). The van der Waals surface area contributed by atoms with Crippen LogP contribution in [0.2, 0.25) is 5.02 Å². The Labute approximate surface area is 85.7 Å². The fourth-order valence-electron chi connectivity index (χ4n) is 1.05. The molecular weight excluding hydrogens is 207 g/mol. The lowest BCUT2D eigenvalue weighted by Crippen LogP contribution is -2.02. The minimum Gasteiger partial charge on any atom is -0.303 e. The van der Waals surface area contributed by atoms with Crippen LogP contribution in [0.1, 0.15) is 22.3 Å². The minimum atomic E-state index is -0.497. The molecule has 4 heteroatoms. The van der Waals surface area contributed by atoms with E-state index in [1.807, 2.05) is 0 Å². The normalized spacial score (nSPS) is 9.93. The highest BCUT2D eigenvalue weighted by atomic mass is 35.5. The number of halogens is 2. The van der Waals surface area contributed by atoms with Crippen molar-refractivity contribution in [2.24, 2.45) is 0 Å². The maximum absolute atomic E-state index is 13.1. The Hall–Kier alpha value is -1.22. The van der Waals surface area contributed by atoms with Crippen LogP contribution in [0.15, 0.2) is 12.1 Å². The van der Waals surface area contributed by atoms with Crippen molar-refractivity contribution in [3.63, 3.8) is 0 Å². The molecule has 0 unspecified atom stereocenters. The Morgan fingerprint density at radius 2 is 2.21 bits per heavy atom. The Morgan fingerprint density at radius 1 is 1.57 bits per heavy atom. The average Bonchev–Trinajstić information content (AvgIpc) is 2.11. The average molecular weight is 215 g/mol. The van der Waals surface area contributed by atoms with Crippen molar-refractivity contribution in [1.82, 2.24) is 0 Å². The Kier molecular flexibility index (Phi) is 3.36.